The van der Waals surface area contributed by atoms with Gasteiger partial charge in [0.1, 0.15) is 23.2 Å². The molecule has 3 aromatic carbocycles. The van der Waals surface area contributed by atoms with Crippen molar-refractivity contribution in [1.29, 1.82) is 0 Å². The van der Waals surface area contributed by atoms with Crippen LogP contribution in [0.2, 0.25) is 0 Å². The van der Waals surface area contributed by atoms with Gasteiger partial charge < -0.3 is 16.0 Å². The molecule has 1 aliphatic heterocycles. The molecule has 2 amide bonds. The Kier molecular flexibility index (Phi) is 6.40. The second kappa shape index (κ2) is 9.97. The van der Waals surface area contributed by atoms with Crippen LogP contribution in [0, 0.1) is 15.9 Å². The topological polar surface area (TPSA) is 131 Å². The van der Waals surface area contributed by atoms with E-state index in [1.165, 1.54) is 47.3 Å². The molecule has 0 unspecified atom stereocenters. The summed E-state index contributed by atoms with van der Waals surface area (Å²) in [4.78, 5) is 37.3. The molecular weight excluding hydrogens is 491 g/mol. The van der Waals surface area contributed by atoms with Gasteiger partial charge in [-0.1, -0.05) is 18.2 Å². The van der Waals surface area contributed by atoms with Crippen LogP contribution in [-0.2, 0) is 4.79 Å². The van der Waals surface area contributed by atoms with Gasteiger partial charge in [-0.3, -0.25) is 19.7 Å². The highest BCUT2D eigenvalue weighted by molar-refractivity contribution is 6.09. The first-order valence-corrected chi connectivity index (χ1v) is 11.5. The molecule has 11 heteroatoms. The van der Waals surface area contributed by atoms with Gasteiger partial charge in [0.05, 0.1) is 16.7 Å². The zero-order valence-electron chi connectivity index (χ0n) is 20.0. The van der Waals surface area contributed by atoms with Gasteiger partial charge in [0, 0.05) is 29.2 Å². The number of nitro groups is 1. The molecule has 0 aliphatic carbocycles. The molecule has 1 aromatic heterocycles. The van der Waals surface area contributed by atoms with Crippen LogP contribution in [-0.4, -0.2) is 26.5 Å². The van der Waals surface area contributed by atoms with Crippen molar-refractivity contribution in [2.45, 2.75) is 13.0 Å². The molecule has 0 saturated heterocycles. The fourth-order valence-electron chi connectivity index (χ4n) is 4.25. The Labute approximate surface area is 215 Å². The zero-order chi connectivity index (χ0) is 26.8. The van der Waals surface area contributed by atoms with Crippen molar-refractivity contribution < 1.29 is 18.9 Å². The van der Waals surface area contributed by atoms with E-state index >= 15 is 0 Å². The number of amides is 2. The molecule has 190 valence electrons. The lowest BCUT2D eigenvalue weighted by Crippen LogP contribution is -2.32. The predicted molar refractivity (Wildman–Crippen MR) is 139 cm³/mol. The summed E-state index contributed by atoms with van der Waals surface area (Å²) in [5.74, 6) is -0.983. The minimum atomic E-state index is -0.789. The summed E-state index contributed by atoms with van der Waals surface area (Å²) in [5, 5.41) is 24.3. The summed E-state index contributed by atoms with van der Waals surface area (Å²) in [7, 11) is 0. The number of allylic oxidation sites excluding steroid dienone is 1. The van der Waals surface area contributed by atoms with Gasteiger partial charge in [-0.25, -0.2) is 9.07 Å². The lowest BCUT2D eigenvalue weighted by Gasteiger charge is -2.30. The second-order valence-electron chi connectivity index (χ2n) is 8.55. The molecule has 0 fully saturated rings. The summed E-state index contributed by atoms with van der Waals surface area (Å²) in [6, 6.07) is 19.3. The van der Waals surface area contributed by atoms with Crippen LogP contribution < -0.4 is 16.0 Å². The number of benzene rings is 3. The minimum Gasteiger partial charge on any atom is -0.343 e. The number of halogens is 1. The number of rotatable bonds is 6. The predicted octanol–water partition coefficient (Wildman–Crippen LogP) is 5.11. The van der Waals surface area contributed by atoms with E-state index in [1.54, 1.807) is 43.3 Å². The third-order valence-electron chi connectivity index (χ3n) is 6.07. The second-order valence-corrected chi connectivity index (χ2v) is 8.55. The Bertz CT molecular complexity index is 1560. The molecule has 38 heavy (non-hydrogen) atoms. The largest absolute Gasteiger partial charge is 0.343 e. The molecule has 0 radical (unpaired) electrons. The zero-order valence-corrected chi connectivity index (χ0v) is 20.0. The minimum absolute atomic E-state index is 0.0984. The Morgan fingerprint density at radius 3 is 2.24 bits per heavy atom. The number of aromatic nitrogens is 2. The molecule has 4 aromatic rings. The number of nitro benzene ring substituents is 1. The Morgan fingerprint density at radius 1 is 0.947 bits per heavy atom. The molecule has 1 aliphatic rings. The van der Waals surface area contributed by atoms with Gasteiger partial charge in [0.25, 0.3) is 17.5 Å². The Balaban J connectivity index is 1.54. The molecule has 0 saturated carbocycles. The van der Waals surface area contributed by atoms with Crippen molar-refractivity contribution in [3.63, 3.8) is 0 Å². The van der Waals surface area contributed by atoms with Gasteiger partial charge in [-0.2, -0.15) is 5.10 Å². The fraction of sp³-hybridized carbons (Fsp3) is 0.0741. The van der Waals surface area contributed by atoms with E-state index in [-0.39, 0.29) is 11.3 Å². The number of hydrogen-bond acceptors (Lipinski definition) is 6. The van der Waals surface area contributed by atoms with Gasteiger partial charge in [0.15, 0.2) is 0 Å². The number of nitrogens with one attached hydrogen (secondary N) is 3. The quantitative estimate of drug-likeness (QED) is 0.243. The molecule has 0 bridgehead atoms. The summed E-state index contributed by atoms with van der Waals surface area (Å²) < 4.78 is 14.8. The first-order valence-electron chi connectivity index (χ1n) is 11.5. The molecule has 1 atom stereocenters. The average Bonchev–Trinajstić information content (AvgIpc) is 3.33. The molecule has 5 rings (SSSR count). The van der Waals surface area contributed by atoms with Gasteiger partial charge in [-0.15, -0.1) is 0 Å². The van der Waals surface area contributed by atoms with Crippen LogP contribution in [0.1, 0.15) is 28.9 Å². The molecule has 2 heterocycles. The summed E-state index contributed by atoms with van der Waals surface area (Å²) in [6.45, 7) is 1.70. The maximum Gasteiger partial charge on any atom is 0.269 e. The van der Waals surface area contributed by atoms with Crippen molar-refractivity contribution in [3.8, 4) is 0 Å². The van der Waals surface area contributed by atoms with Gasteiger partial charge in [0.2, 0.25) is 0 Å². The van der Waals surface area contributed by atoms with Gasteiger partial charge in [-0.05, 0) is 61.0 Å². The number of carbonyl (C=O) groups is 2. The van der Waals surface area contributed by atoms with Crippen molar-refractivity contribution in [1.82, 2.24) is 9.78 Å². The van der Waals surface area contributed by atoms with Crippen LogP contribution in [0.25, 0.3) is 0 Å². The number of fused-ring (bicyclic) bond motifs is 1. The van der Waals surface area contributed by atoms with E-state index in [4.69, 9.17) is 0 Å². The van der Waals surface area contributed by atoms with Crippen molar-refractivity contribution in [2.24, 2.45) is 0 Å². The van der Waals surface area contributed by atoms with Crippen LogP contribution in [0.5, 0.6) is 0 Å². The highest BCUT2D eigenvalue weighted by atomic mass is 19.1. The normalized spacial score (nSPS) is 14.3. The van der Waals surface area contributed by atoms with Crippen molar-refractivity contribution in [3.05, 3.63) is 123 Å². The van der Waals surface area contributed by atoms with E-state index in [1.807, 2.05) is 6.07 Å². The number of nitrogens with zero attached hydrogens (tertiary/aromatic N) is 3. The molecular formula is C27H21FN6O4. The van der Waals surface area contributed by atoms with Crippen LogP contribution in [0.3, 0.4) is 0 Å². The first-order chi connectivity index (χ1) is 18.3. The Hall–Kier alpha value is -5.32. The maximum absolute atomic E-state index is 13.5. The summed E-state index contributed by atoms with van der Waals surface area (Å²) in [5.41, 5.74) is 2.45. The number of non-ortho nitro benzene ring substituents is 1. The number of carbonyl (C=O) groups excluding carboxylic acids is 2. The first kappa shape index (κ1) is 24.4. The lowest BCUT2D eigenvalue weighted by molar-refractivity contribution is -0.384. The van der Waals surface area contributed by atoms with E-state index in [0.717, 1.165) is 0 Å². The highest BCUT2D eigenvalue weighted by Gasteiger charge is 2.35. The van der Waals surface area contributed by atoms with E-state index < -0.39 is 28.6 Å². The van der Waals surface area contributed by atoms with E-state index in [2.05, 4.69) is 21.0 Å². The third kappa shape index (κ3) is 4.72. The standard InChI is InChI=1S/C27H21FN6O4/c1-16-23(27(36)32-19-5-3-2-4-6-19)24(17-7-13-21(14-8-17)34(37)38)33-25(30-16)22(15-29-33)26(35)31-20-11-9-18(28)10-12-20/h2-15,24,30H,1H3,(H,31,35)(H,32,36)/t24-/m0/s1. The summed E-state index contributed by atoms with van der Waals surface area (Å²) in [6.07, 6.45) is 1.37. The fourth-order valence-corrected chi connectivity index (χ4v) is 4.25. The van der Waals surface area contributed by atoms with E-state index in [0.29, 0.717) is 34.0 Å². The number of hydrogen-bond donors (Lipinski definition) is 3. The molecule has 3 N–H and O–H groups in total. The SMILES string of the molecule is CC1=C(C(=O)Nc2ccccc2)[C@H](c2ccc([N+](=O)[O-])cc2)n2ncc(C(=O)Nc3ccc(F)cc3)c2N1. The molecule has 0 spiro atoms. The smallest absolute Gasteiger partial charge is 0.269 e. The summed E-state index contributed by atoms with van der Waals surface area (Å²) >= 11 is 0. The van der Waals surface area contributed by atoms with E-state index in [9.17, 15) is 24.1 Å². The van der Waals surface area contributed by atoms with Gasteiger partial charge >= 0.3 is 0 Å². The van der Waals surface area contributed by atoms with Crippen molar-refractivity contribution in [2.75, 3.05) is 16.0 Å². The Morgan fingerprint density at radius 2 is 1.58 bits per heavy atom. The average molecular weight is 513 g/mol. The number of para-hydroxylation sites is 1. The lowest BCUT2D eigenvalue weighted by atomic mass is 9.94. The van der Waals surface area contributed by atoms with Crippen molar-refractivity contribution >= 4 is 34.7 Å². The maximum atomic E-state index is 13.5. The highest BCUT2D eigenvalue weighted by Crippen LogP contribution is 2.38. The van der Waals surface area contributed by atoms with Crippen LogP contribution >= 0.6 is 0 Å². The monoisotopic (exact) mass is 512 g/mol. The van der Waals surface area contributed by atoms with Crippen LogP contribution in [0.4, 0.5) is 27.3 Å². The third-order valence-corrected chi connectivity index (χ3v) is 6.07. The molecule has 10 nitrogen and oxygen atoms in total. The number of anilines is 3. The van der Waals surface area contributed by atoms with Crippen LogP contribution in [0.15, 0.2) is 96.3 Å².